The lowest BCUT2D eigenvalue weighted by Gasteiger charge is -2.33. The van der Waals surface area contributed by atoms with E-state index in [-0.39, 0.29) is 24.3 Å². The molecule has 1 spiro atoms. The highest BCUT2D eigenvalue weighted by Gasteiger charge is 2.77. The van der Waals surface area contributed by atoms with Crippen LogP contribution in [0.1, 0.15) is 59.3 Å². The number of anilines is 3. The number of fused-ring (bicyclic) bond motifs is 1. The first-order valence-electron chi connectivity index (χ1n) is 15.4. The van der Waals surface area contributed by atoms with Gasteiger partial charge in [0.1, 0.15) is 11.6 Å². The Balaban J connectivity index is 1.42. The summed E-state index contributed by atoms with van der Waals surface area (Å²) in [5.74, 6) is -2.17. The number of aliphatic hydroxyl groups is 1. The SMILES string of the molecule is CCN(CC)c1ccc(NC(=O)C2N(CCCCCCO)C(=O)[C@@H]3[C@H](C(=O)Nc4ccccc4)[C@]4(C)CCC23O4)cc1. The Hall–Kier alpha value is -3.43. The second-order valence-electron chi connectivity index (χ2n) is 12.0. The number of hydrogen-bond donors (Lipinski definition) is 3. The number of nitrogens with zero attached hydrogens (tertiary/aromatic N) is 2. The highest BCUT2D eigenvalue weighted by atomic mass is 16.5. The first kappa shape index (κ1) is 30.0. The highest BCUT2D eigenvalue weighted by Crippen LogP contribution is 2.63. The van der Waals surface area contributed by atoms with E-state index >= 15 is 0 Å². The third kappa shape index (κ3) is 5.40. The van der Waals surface area contributed by atoms with Crippen LogP contribution in [-0.2, 0) is 19.1 Å². The van der Waals surface area contributed by atoms with Crippen molar-refractivity contribution in [1.29, 1.82) is 0 Å². The molecule has 2 aromatic carbocycles. The van der Waals surface area contributed by atoms with Crippen LogP contribution in [0.25, 0.3) is 0 Å². The first-order valence-corrected chi connectivity index (χ1v) is 15.4. The Labute approximate surface area is 248 Å². The molecule has 9 nitrogen and oxygen atoms in total. The zero-order chi connectivity index (χ0) is 29.9. The number of aliphatic hydroxyl groups excluding tert-OH is 1. The van der Waals surface area contributed by atoms with Crippen LogP contribution in [0.3, 0.4) is 0 Å². The molecular formula is C33H44N4O5. The van der Waals surface area contributed by atoms with Gasteiger partial charge in [-0.15, -0.1) is 0 Å². The van der Waals surface area contributed by atoms with Crippen molar-refractivity contribution in [3.05, 3.63) is 54.6 Å². The van der Waals surface area contributed by atoms with Crippen LogP contribution >= 0.6 is 0 Å². The maximum absolute atomic E-state index is 14.2. The quantitative estimate of drug-likeness (QED) is 0.305. The standard InChI is InChI=1S/C33H44N4O5/c1-4-36(5-2)25-17-15-24(16-18-25)35-30(40)28-33-20-19-32(3,42-33)26(29(39)34-23-13-9-8-10-14-23)27(33)31(41)37(28)21-11-6-7-12-22-38/h8-10,13-18,26-28,38H,4-7,11-12,19-22H2,1-3H3,(H,34,39)(H,35,40)/t26-,27+,28?,32+,33?/m1/s1. The molecule has 0 radical (unpaired) electrons. The second-order valence-corrected chi connectivity index (χ2v) is 12.0. The maximum atomic E-state index is 14.2. The third-order valence-corrected chi connectivity index (χ3v) is 9.42. The molecule has 3 aliphatic heterocycles. The van der Waals surface area contributed by atoms with Gasteiger partial charge in [0.25, 0.3) is 0 Å². The molecule has 3 aliphatic rings. The molecule has 0 aromatic heterocycles. The Morgan fingerprint density at radius 3 is 2.24 bits per heavy atom. The summed E-state index contributed by atoms with van der Waals surface area (Å²) < 4.78 is 6.72. The van der Waals surface area contributed by atoms with Crippen LogP contribution < -0.4 is 15.5 Å². The van der Waals surface area contributed by atoms with Gasteiger partial charge in [-0.25, -0.2) is 0 Å². The number of hydrogen-bond acceptors (Lipinski definition) is 6. The number of ether oxygens (including phenoxy) is 1. The summed E-state index contributed by atoms with van der Waals surface area (Å²) in [6, 6.07) is 16.1. The van der Waals surface area contributed by atoms with Crippen molar-refractivity contribution in [2.45, 2.75) is 76.5 Å². The average molecular weight is 577 g/mol. The molecule has 3 heterocycles. The van der Waals surface area contributed by atoms with Crippen LogP contribution in [0.4, 0.5) is 17.1 Å². The summed E-state index contributed by atoms with van der Waals surface area (Å²) in [7, 11) is 0. The summed E-state index contributed by atoms with van der Waals surface area (Å²) in [6.07, 6.45) is 4.22. The molecule has 0 aliphatic carbocycles. The molecule has 5 rings (SSSR count). The van der Waals surface area contributed by atoms with E-state index in [0.29, 0.717) is 43.6 Å². The van der Waals surface area contributed by atoms with E-state index in [9.17, 15) is 14.4 Å². The third-order valence-electron chi connectivity index (χ3n) is 9.42. The molecule has 3 N–H and O–H groups in total. The first-order chi connectivity index (χ1) is 20.3. The van der Waals surface area contributed by atoms with Gasteiger partial charge in [0.15, 0.2) is 0 Å². The van der Waals surface area contributed by atoms with Crippen molar-refractivity contribution >= 4 is 34.8 Å². The molecule has 2 bridgehead atoms. The number of amides is 3. The van der Waals surface area contributed by atoms with E-state index in [1.54, 1.807) is 4.90 Å². The van der Waals surface area contributed by atoms with Gasteiger partial charge in [-0.2, -0.15) is 0 Å². The number of unbranched alkanes of at least 4 members (excludes halogenated alkanes) is 3. The number of para-hydroxylation sites is 1. The lowest BCUT2D eigenvalue weighted by Crippen LogP contribution is -2.53. The zero-order valence-corrected chi connectivity index (χ0v) is 25.0. The zero-order valence-electron chi connectivity index (χ0n) is 25.0. The van der Waals surface area contributed by atoms with Crippen molar-refractivity contribution in [3.63, 3.8) is 0 Å². The topological polar surface area (TPSA) is 111 Å². The van der Waals surface area contributed by atoms with Crippen LogP contribution in [0.15, 0.2) is 54.6 Å². The summed E-state index contributed by atoms with van der Waals surface area (Å²) in [5, 5.41) is 15.2. The van der Waals surface area contributed by atoms with Gasteiger partial charge in [-0.1, -0.05) is 31.0 Å². The summed E-state index contributed by atoms with van der Waals surface area (Å²) in [5.41, 5.74) is 0.493. The second kappa shape index (κ2) is 12.4. The molecule has 3 fully saturated rings. The van der Waals surface area contributed by atoms with E-state index in [1.165, 1.54) is 0 Å². The molecule has 226 valence electrons. The molecule has 0 saturated carbocycles. The summed E-state index contributed by atoms with van der Waals surface area (Å²) in [4.78, 5) is 45.9. The molecule has 3 saturated heterocycles. The van der Waals surface area contributed by atoms with E-state index in [1.807, 2.05) is 61.5 Å². The number of nitrogens with one attached hydrogen (secondary N) is 2. The Morgan fingerprint density at radius 2 is 1.57 bits per heavy atom. The predicted octanol–water partition coefficient (Wildman–Crippen LogP) is 4.43. The number of rotatable bonds is 13. The fourth-order valence-corrected chi connectivity index (χ4v) is 7.41. The number of carbonyl (C=O) groups is 3. The predicted molar refractivity (Wildman–Crippen MR) is 163 cm³/mol. The lowest BCUT2D eigenvalue weighted by molar-refractivity contribution is -0.143. The van der Waals surface area contributed by atoms with Gasteiger partial charge in [0, 0.05) is 43.3 Å². The smallest absolute Gasteiger partial charge is 0.250 e. The van der Waals surface area contributed by atoms with E-state index < -0.39 is 29.1 Å². The van der Waals surface area contributed by atoms with Crippen LogP contribution in [0.5, 0.6) is 0 Å². The van der Waals surface area contributed by atoms with Crippen molar-refractivity contribution in [2.75, 3.05) is 41.8 Å². The van der Waals surface area contributed by atoms with Crippen LogP contribution in [0.2, 0.25) is 0 Å². The van der Waals surface area contributed by atoms with Crippen molar-refractivity contribution in [2.24, 2.45) is 11.8 Å². The number of likely N-dealkylation sites (tertiary alicyclic amines) is 1. The Kier molecular flexibility index (Phi) is 8.89. The molecule has 2 aromatic rings. The Bertz CT molecular complexity index is 1270. The molecular weight excluding hydrogens is 532 g/mol. The normalized spacial score (nSPS) is 27.7. The van der Waals surface area contributed by atoms with Gasteiger partial charge in [0.2, 0.25) is 17.7 Å². The fraction of sp³-hybridized carbons (Fsp3) is 0.545. The minimum Gasteiger partial charge on any atom is -0.396 e. The van der Waals surface area contributed by atoms with E-state index in [0.717, 1.165) is 31.6 Å². The van der Waals surface area contributed by atoms with Gasteiger partial charge < -0.3 is 30.3 Å². The summed E-state index contributed by atoms with van der Waals surface area (Å²) >= 11 is 0. The van der Waals surface area contributed by atoms with Crippen LogP contribution in [-0.4, -0.2) is 71.2 Å². The van der Waals surface area contributed by atoms with Gasteiger partial charge >= 0.3 is 0 Å². The fourth-order valence-electron chi connectivity index (χ4n) is 7.41. The number of benzene rings is 2. The minimum atomic E-state index is -1.07. The van der Waals surface area contributed by atoms with Crippen LogP contribution in [0, 0.1) is 11.8 Å². The van der Waals surface area contributed by atoms with Gasteiger partial charge in [-0.3, -0.25) is 14.4 Å². The molecule has 42 heavy (non-hydrogen) atoms. The molecule has 2 unspecified atom stereocenters. The maximum Gasteiger partial charge on any atom is 0.250 e. The van der Waals surface area contributed by atoms with Gasteiger partial charge in [0.05, 0.1) is 17.4 Å². The highest BCUT2D eigenvalue weighted by molar-refractivity contribution is 6.05. The van der Waals surface area contributed by atoms with Crippen molar-refractivity contribution in [3.8, 4) is 0 Å². The minimum absolute atomic E-state index is 0.135. The molecule has 5 atom stereocenters. The van der Waals surface area contributed by atoms with E-state index in [2.05, 4.69) is 29.4 Å². The monoisotopic (exact) mass is 576 g/mol. The molecule has 3 amide bonds. The average Bonchev–Trinajstić information content (AvgIpc) is 3.55. The number of carbonyl (C=O) groups excluding carboxylic acids is 3. The van der Waals surface area contributed by atoms with Crippen molar-refractivity contribution < 1.29 is 24.2 Å². The van der Waals surface area contributed by atoms with Crippen molar-refractivity contribution in [1.82, 2.24) is 4.90 Å². The summed E-state index contributed by atoms with van der Waals surface area (Å²) in [6.45, 7) is 8.43. The molecule has 9 heteroatoms. The van der Waals surface area contributed by atoms with E-state index in [4.69, 9.17) is 9.84 Å². The lowest BCUT2D eigenvalue weighted by atomic mass is 9.66. The Morgan fingerprint density at radius 1 is 0.929 bits per heavy atom. The van der Waals surface area contributed by atoms with Gasteiger partial charge in [-0.05, 0) is 82.9 Å². The largest absolute Gasteiger partial charge is 0.396 e.